The molecule has 27 heavy (non-hydrogen) atoms. The Bertz CT molecular complexity index is 1060. The molecule has 134 valence electrons. The van der Waals surface area contributed by atoms with Crippen LogP contribution in [0.2, 0.25) is 0 Å². The Hall–Kier alpha value is -2.30. The van der Waals surface area contributed by atoms with Crippen molar-refractivity contribution in [3.05, 3.63) is 105 Å². The molecule has 0 fully saturated rings. The Labute approximate surface area is 175 Å². The monoisotopic (exact) mass is 481 g/mol. The summed E-state index contributed by atoms with van der Waals surface area (Å²) in [6, 6.07) is 21.5. The second kappa shape index (κ2) is 7.02. The standard InChI is InChI=1S/C23H17Br2NO/c1-15-18-13-17(24)14-20(25)22(18)26-23(15,19-9-5-6-10-21(19)27)12-11-16-7-3-2-4-8-16/h2-14,26-27H,1H2/b12-11+. The van der Waals surface area contributed by atoms with Crippen LogP contribution in [-0.2, 0) is 5.54 Å². The molecule has 0 aromatic heterocycles. The smallest absolute Gasteiger partial charge is 0.121 e. The molecule has 1 aliphatic heterocycles. The lowest BCUT2D eigenvalue weighted by atomic mass is 9.82. The normalized spacial score (nSPS) is 18.5. The average molecular weight is 483 g/mol. The predicted molar refractivity (Wildman–Crippen MR) is 120 cm³/mol. The Morgan fingerprint density at radius 2 is 1.67 bits per heavy atom. The molecule has 0 saturated carbocycles. The van der Waals surface area contributed by atoms with E-state index in [1.165, 1.54) is 0 Å². The van der Waals surface area contributed by atoms with Crippen LogP contribution in [0, 0.1) is 0 Å². The number of anilines is 1. The van der Waals surface area contributed by atoms with Gasteiger partial charge in [0.1, 0.15) is 11.3 Å². The molecule has 0 amide bonds. The minimum atomic E-state index is -0.743. The third kappa shape index (κ3) is 3.13. The van der Waals surface area contributed by atoms with Crippen LogP contribution >= 0.6 is 31.9 Å². The van der Waals surface area contributed by atoms with Gasteiger partial charge in [-0.3, -0.25) is 0 Å². The van der Waals surface area contributed by atoms with E-state index in [9.17, 15) is 5.11 Å². The Balaban J connectivity index is 1.91. The van der Waals surface area contributed by atoms with Gasteiger partial charge in [-0.1, -0.05) is 77.1 Å². The van der Waals surface area contributed by atoms with E-state index < -0.39 is 5.54 Å². The Morgan fingerprint density at radius 1 is 0.963 bits per heavy atom. The average Bonchev–Trinajstić information content (AvgIpc) is 2.95. The van der Waals surface area contributed by atoms with Gasteiger partial charge in [0.25, 0.3) is 0 Å². The number of phenolic OH excluding ortho intramolecular Hbond substituents is 1. The molecular formula is C23H17Br2NO. The minimum Gasteiger partial charge on any atom is -0.508 e. The Kier molecular flexibility index (Phi) is 4.70. The van der Waals surface area contributed by atoms with Gasteiger partial charge in [0.15, 0.2) is 0 Å². The number of aromatic hydroxyl groups is 1. The first kappa shape index (κ1) is 18.1. The summed E-state index contributed by atoms with van der Waals surface area (Å²) >= 11 is 7.21. The number of halogens is 2. The van der Waals surface area contributed by atoms with Crippen LogP contribution in [-0.4, -0.2) is 5.11 Å². The van der Waals surface area contributed by atoms with Crippen LogP contribution in [0.4, 0.5) is 5.69 Å². The summed E-state index contributed by atoms with van der Waals surface area (Å²) in [7, 11) is 0. The van der Waals surface area contributed by atoms with Crippen molar-refractivity contribution >= 4 is 49.2 Å². The zero-order chi connectivity index (χ0) is 19.0. The van der Waals surface area contributed by atoms with Gasteiger partial charge in [-0.25, -0.2) is 0 Å². The van der Waals surface area contributed by atoms with Crippen molar-refractivity contribution in [3.63, 3.8) is 0 Å². The molecule has 1 atom stereocenters. The molecule has 0 spiro atoms. The van der Waals surface area contributed by atoms with E-state index in [2.05, 4.69) is 55.9 Å². The quantitative estimate of drug-likeness (QED) is 0.422. The fourth-order valence-electron chi connectivity index (χ4n) is 3.48. The summed E-state index contributed by atoms with van der Waals surface area (Å²) < 4.78 is 1.91. The molecule has 2 nitrogen and oxygen atoms in total. The number of phenols is 1. The van der Waals surface area contributed by atoms with Crippen molar-refractivity contribution in [2.75, 3.05) is 5.32 Å². The van der Waals surface area contributed by atoms with Gasteiger partial charge in [0, 0.05) is 20.1 Å². The van der Waals surface area contributed by atoms with E-state index in [0.717, 1.165) is 36.9 Å². The van der Waals surface area contributed by atoms with Gasteiger partial charge in [0.2, 0.25) is 0 Å². The van der Waals surface area contributed by atoms with Crippen LogP contribution in [0.1, 0.15) is 16.7 Å². The molecule has 4 rings (SSSR count). The first-order valence-electron chi connectivity index (χ1n) is 8.51. The molecule has 1 aliphatic rings. The lowest BCUT2D eigenvalue weighted by Crippen LogP contribution is -2.29. The van der Waals surface area contributed by atoms with Gasteiger partial charge in [-0.15, -0.1) is 0 Å². The first-order valence-corrected chi connectivity index (χ1v) is 10.1. The van der Waals surface area contributed by atoms with E-state index in [1.807, 2.05) is 60.7 Å². The summed E-state index contributed by atoms with van der Waals surface area (Å²) in [4.78, 5) is 0. The molecule has 3 aromatic rings. The van der Waals surface area contributed by atoms with E-state index >= 15 is 0 Å². The Morgan fingerprint density at radius 3 is 2.41 bits per heavy atom. The molecule has 0 bridgehead atoms. The molecule has 3 aromatic carbocycles. The third-order valence-corrected chi connectivity index (χ3v) is 5.92. The first-order chi connectivity index (χ1) is 13.0. The predicted octanol–water partition coefficient (Wildman–Crippen LogP) is 6.96. The molecule has 0 saturated heterocycles. The van der Waals surface area contributed by atoms with Crippen LogP contribution in [0.5, 0.6) is 5.75 Å². The number of para-hydroxylation sites is 1. The highest BCUT2D eigenvalue weighted by molar-refractivity contribution is 9.11. The SMILES string of the molecule is C=C1c2cc(Br)cc(Br)c2NC1(/C=C/c1ccccc1)c1ccccc1O. The summed E-state index contributed by atoms with van der Waals surface area (Å²) in [5.74, 6) is 0.229. The number of rotatable bonds is 3. The van der Waals surface area contributed by atoms with E-state index in [-0.39, 0.29) is 5.75 Å². The van der Waals surface area contributed by atoms with Gasteiger partial charge < -0.3 is 10.4 Å². The number of hydrogen-bond acceptors (Lipinski definition) is 2. The number of fused-ring (bicyclic) bond motifs is 1. The van der Waals surface area contributed by atoms with E-state index in [4.69, 9.17) is 0 Å². The van der Waals surface area contributed by atoms with Crippen molar-refractivity contribution in [1.82, 2.24) is 0 Å². The maximum Gasteiger partial charge on any atom is 0.121 e. The molecule has 0 radical (unpaired) electrons. The second-order valence-corrected chi connectivity index (χ2v) is 8.25. The van der Waals surface area contributed by atoms with Crippen LogP contribution in [0.3, 0.4) is 0 Å². The highest BCUT2D eigenvalue weighted by Crippen LogP contribution is 2.53. The zero-order valence-electron chi connectivity index (χ0n) is 14.4. The minimum absolute atomic E-state index is 0.229. The summed E-state index contributed by atoms with van der Waals surface area (Å²) in [6.07, 6.45) is 4.12. The van der Waals surface area contributed by atoms with Crippen LogP contribution < -0.4 is 5.32 Å². The second-order valence-electron chi connectivity index (χ2n) is 6.48. The van der Waals surface area contributed by atoms with E-state index in [0.29, 0.717) is 0 Å². The summed E-state index contributed by atoms with van der Waals surface area (Å²) in [6.45, 7) is 4.39. The fourth-order valence-corrected chi connectivity index (χ4v) is 4.80. The highest BCUT2D eigenvalue weighted by Gasteiger charge is 2.42. The molecular weight excluding hydrogens is 466 g/mol. The molecule has 4 heteroatoms. The molecule has 2 N–H and O–H groups in total. The van der Waals surface area contributed by atoms with Crippen molar-refractivity contribution in [3.8, 4) is 5.75 Å². The maximum absolute atomic E-state index is 10.6. The van der Waals surface area contributed by atoms with Crippen molar-refractivity contribution < 1.29 is 5.11 Å². The lowest BCUT2D eigenvalue weighted by molar-refractivity contribution is 0.463. The molecule has 1 unspecified atom stereocenters. The summed E-state index contributed by atoms with van der Waals surface area (Å²) in [5, 5.41) is 14.2. The topological polar surface area (TPSA) is 32.3 Å². The van der Waals surface area contributed by atoms with Gasteiger partial charge >= 0.3 is 0 Å². The van der Waals surface area contributed by atoms with E-state index in [1.54, 1.807) is 6.07 Å². The number of hydrogen-bond donors (Lipinski definition) is 2. The van der Waals surface area contributed by atoms with Gasteiger partial charge in [0.05, 0.1) is 5.69 Å². The highest BCUT2D eigenvalue weighted by atomic mass is 79.9. The fraction of sp³-hybridized carbons (Fsp3) is 0.0435. The molecule has 1 heterocycles. The summed E-state index contributed by atoms with van der Waals surface area (Å²) in [5.41, 5.74) is 3.96. The van der Waals surface area contributed by atoms with Crippen molar-refractivity contribution in [1.29, 1.82) is 0 Å². The van der Waals surface area contributed by atoms with Crippen molar-refractivity contribution in [2.24, 2.45) is 0 Å². The maximum atomic E-state index is 10.6. The third-order valence-electron chi connectivity index (χ3n) is 4.83. The molecule has 0 aliphatic carbocycles. The number of nitrogens with one attached hydrogen (secondary N) is 1. The largest absolute Gasteiger partial charge is 0.508 e. The van der Waals surface area contributed by atoms with Gasteiger partial charge in [-0.2, -0.15) is 0 Å². The van der Waals surface area contributed by atoms with Crippen LogP contribution in [0.15, 0.2) is 88.3 Å². The van der Waals surface area contributed by atoms with Crippen LogP contribution in [0.25, 0.3) is 11.6 Å². The lowest BCUT2D eigenvalue weighted by Gasteiger charge is -2.30. The van der Waals surface area contributed by atoms with Gasteiger partial charge in [-0.05, 0) is 51.3 Å². The number of benzene rings is 3. The zero-order valence-corrected chi connectivity index (χ0v) is 17.6. The van der Waals surface area contributed by atoms with Crippen molar-refractivity contribution in [2.45, 2.75) is 5.54 Å².